The lowest BCUT2D eigenvalue weighted by atomic mass is 10.2. The van der Waals surface area contributed by atoms with E-state index in [1.165, 1.54) is 37.5 Å². The summed E-state index contributed by atoms with van der Waals surface area (Å²) in [6.45, 7) is 2.84. The predicted octanol–water partition coefficient (Wildman–Crippen LogP) is 5.07. The molecule has 0 aliphatic heterocycles. The van der Waals surface area contributed by atoms with Crippen LogP contribution < -0.4 is 15.4 Å². The van der Waals surface area contributed by atoms with Crippen molar-refractivity contribution < 1.29 is 14.5 Å². The Hall–Kier alpha value is -3.00. The van der Waals surface area contributed by atoms with Crippen molar-refractivity contribution in [1.29, 1.82) is 0 Å². The molecule has 0 radical (unpaired) electrons. The third-order valence-electron chi connectivity index (χ3n) is 4.18. The molecule has 0 saturated carbocycles. The summed E-state index contributed by atoms with van der Waals surface area (Å²) in [4.78, 5) is 22.6. The van der Waals surface area contributed by atoms with Crippen molar-refractivity contribution in [1.82, 2.24) is 5.32 Å². The molecule has 0 atom stereocenters. The van der Waals surface area contributed by atoms with E-state index in [1.54, 1.807) is 30.3 Å². The number of anilines is 1. The first-order chi connectivity index (χ1) is 14.0. The number of nitrogens with one attached hydrogen (secondary N) is 2. The van der Waals surface area contributed by atoms with Gasteiger partial charge in [0.1, 0.15) is 5.75 Å². The van der Waals surface area contributed by atoms with E-state index in [9.17, 15) is 14.9 Å². The first kappa shape index (κ1) is 22.3. The van der Waals surface area contributed by atoms with E-state index in [0.717, 1.165) is 12.8 Å². The van der Waals surface area contributed by atoms with E-state index in [0.29, 0.717) is 23.6 Å². The molecule has 2 rings (SSSR count). The van der Waals surface area contributed by atoms with Gasteiger partial charge >= 0.3 is 0 Å². The Kier molecular flexibility index (Phi) is 9.04. The number of hydrogen-bond acceptors (Lipinski definition) is 5. The van der Waals surface area contributed by atoms with Crippen LogP contribution in [0.15, 0.2) is 48.5 Å². The van der Waals surface area contributed by atoms with Crippen molar-refractivity contribution in [2.75, 3.05) is 11.9 Å². The van der Waals surface area contributed by atoms with Crippen molar-refractivity contribution in [3.8, 4) is 5.75 Å². The number of non-ortho nitro benzene ring substituents is 1. The number of carbonyl (C=O) groups excluding carboxylic acids is 1. The fourth-order valence-corrected chi connectivity index (χ4v) is 2.84. The minimum Gasteiger partial charge on any atom is -0.494 e. The Morgan fingerprint density at radius 1 is 1.10 bits per heavy atom. The summed E-state index contributed by atoms with van der Waals surface area (Å²) in [5.41, 5.74) is 0.792. The number of nitro groups is 1. The Morgan fingerprint density at radius 3 is 2.52 bits per heavy atom. The zero-order valence-electron chi connectivity index (χ0n) is 16.3. The van der Waals surface area contributed by atoms with Crippen LogP contribution >= 0.6 is 12.2 Å². The topological polar surface area (TPSA) is 93.5 Å². The first-order valence-electron chi connectivity index (χ1n) is 9.59. The van der Waals surface area contributed by atoms with Crippen LogP contribution in [0, 0.1) is 10.1 Å². The third-order valence-corrected chi connectivity index (χ3v) is 4.38. The van der Waals surface area contributed by atoms with Crippen molar-refractivity contribution >= 4 is 34.6 Å². The summed E-state index contributed by atoms with van der Waals surface area (Å²) in [7, 11) is 0. The van der Waals surface area contributed by atoms with Crippen molar-refractivity contribution in [2.45, 2.75) is 39.0 Å². The number of nitro benzene ring substituents is 1. The van der Waals surface area contributed by atoms with Gasteiger partial charge in [0, 0.05) is 23.4 Å². The Morgan fingerprint density at radius 2 is 1.83 bits per heavy atom. The monoisotopic (exact) mass is 415 g/mol. The summed E-state index contributed by atoms with van der Waals surface area (Å²) < 4.78 is 5.69. The minimum absolute atomic E-state index is 0.0582. The van der Waals surface area contributed by atoms with Crippen LogP contribution in [0.3, 0.4) is 0 Å². The van der Waals surface area contributed by atoms with Gasteiger partial charge in [-0.25, -0.2) is 0 Å². The highest BCUT2D eigenvalue weighted by Gasteiger charge is 2.10. The molecular formula is C21H25N3O4S. The zero-order chi connectivity index (χ0) is 21.1. The van der Waals surface area contributed by atoms with E-state index >= 15 is 0 Å². The standard InChI is InChI=1S/C21H25N3O4S/c1-2-3-4-5-6-14-28-19-12-10-16(11-13-19)20(25)23-21(29)22-17-8-7-9-18(15-17)24(26)27/h7-13,15H,2-6,14H2,1H3,(H2,22,23,25,29). The molecule has 7 nitrogen and oxygen atoms in total. The lowest BCUT2D eigenvalue weighted by Gasteiger charge is -2.10. The van der Waals surface area contributed by atoms with Gasteiger partial charge in [-0.1, -0.05) is 38.7 Å². The summed E-state index contributed by atoms with van der Waals surface area (Å²) in [5, 5.41) is 16.2. The van der Waals surface area contributed by atoms with Gasteiger partial charge in [-0.05, 0) is 49.0 Å². The molecule has 1 amide bonds. The van der Waals surface area contributed by atoms with Crippen LogP contribution in [0.2, 0.25) is 0 Å². The number of ether oxygens (including phenoxy) is 1. The summed E-state index contributed by atoms with van der Waals surface area (Å²) in [5.74, 6) is 0.341. The smallest absolute Gasteiger partial charge is 0.271 e. The second-order valence-electron chi connectivity index (χ2n) is 6.50. The molecule has 0 aliphatic carbocycles. The second kappa shape index (κ2) is 11.8. The van der Waals surface area contributed by atoms with Gasteiger partial charge in [0.05, 0.1) is 11.5 Å². The molecule has 0 saturated heterocycles. The Bertz CT molecular complexity index is 840. The van der Waals surface area contributed by atoms with Crippen LogP contribution in [-0.4, -0.2) is 22.5 Å². The van der Waals surface area contributed by atoms with Crippen molar-refractivity contribution in [2.24, 2.45) is 0 Å². The number of nitrogens with zero attached hydrogens (tertiary/aromatic N) is 1. The molecule has 2 aromatic rings. The molecule has 154 valence electrons. The molecule has 0 spiro atoms. The maximum absolute atomic E-state index is 12.3. The SMILES string of the molecule is CCCCCCCOc1ccc(C(=O)NC(=S)Nc2cccc([N+](=O)[O-])c2)cc1. The third kappa shape index (κ3) is 7.87. The number of amides is 1. The number of carbonyl (C=O) groups is 1. The van der Waals surface area contributed by atoms with Crippen LogP contribution in [-0.2, 0) is 0 Å². The number of hydrogen-bond donors (Lipinski definition) is 2. The zero-order valence-corrected chi connectivity index (χ0v) is 17.2. The molecule has 0 aliphatic rings. The van der Waals surface area contributed by atoms with E-state index in [4.69, 9.17) is 17.0 Å². The average molecular weight is 416 g/mol. The Balaban J connectivity index is 1.80. The maximum atomic E-state index is 12.3. The van der Waals surface area contributed by atoms with E-state index < -0.39 is 4.92 Å². The highest BCUT2D eigenvalue weighted by Crippen LogP contribution is 2.17. The van der Waals surface area contributed by atoms with Crippen LogP contribution in [0.5, 0.6) is 5.75 Å². The molecule has 0 heterocycles. The van der Waals surface area contributed by atoms with E-state index in [2.05, 4.69) is 17.6 Å². The first-order valence-corrected chi connectivity index (χ1v) is 10.00. The number of benzene rings is 2. The average Bonchev–Trinajstić information content (AvgIpc) is 2.71. The molecule has 8 heteroatoms. The van der Waals surface area contributed by atoms with Crippen molar-refractivity contribution in [3.63, 3.8) is 0 Å². The van der Waals surface area contributed by atoms with E-state index in [-0.39, 0.29) is 16.7 Å². The molecule has 0 aromatic heterocycles. The van der Waals surface area contributed by atoms with Gasteiger partial charge in [-0.2, -0.15) is 0 Å². The highest BCUT2D eigenvalue weighted by atomic mass is 32.1. The summed E-state index contributed by atoms with van der Waals surface area (Å²) in [6.07, 6.45) is 5.86. The van der Waals surface area contributed by atoms with Crippen LogP contribution in [0.4, 0.5) is 11.4 Å². The summed E-state index contributed by atoms with van der Waals surface area (Å²) >= 11 is 5.11. The van der Waals surface area contributed by atoms with Gasteiger partial charge in [0.25, 0.3) is 11.6 Å². The molecule has 0 unspecified atom stereocenters. The Labute approximate surface area is 175 Å². The van der Waals surface area contributed by atoms with Gasteiger partial charge in [0.2, 0.25) is 0 Å². The number of rotatable bonds is 10. The van der Waals surface area contributed by atoms with Crippen LogP contribution in [0.1, 0.15) is 49.4 Å². The van der Waals surface area contributed by atoms with Gasteiger partial charge in [-0.15, -0.1) is 0 Å². The molecular weight excluding hydrogens is 390 g/mol. The number of unbranched alkanes of at least 4 members (excludes halogenated alkanes) is 4. The lowest BCUT2D eigenvalue weighted by molar-refractivity contribution is -0.384. The largest absolute Gasteiger partial charge is 0.494 e. The second-order valence-corrected chi connectivity index (χ2v) is 6.91. The quantitative estimate of drug-likeness (QED) is 0.243. The lowest BCUT2D eigenvalue weighted by Crippen LogP contribution is -2.34. The maximum Gasteiger partial charge on any atom is 0.271 e. The van der Waals surface area contributed by atoms with Gasteiger partial charge < -0.3 is 10.1 Å². The molecule has 2 aromatic carbocycles. The van der Waals surface area contributed by atoms with E-state index in [1.807, 2.05) is 0 Å². The van der Waals surface area contributed by atoms with Crippen molar-refractivity contribution in [3.05, 3.63) is 64.2 Å². The van der Waals surface area contributed by atoms with Crippen LogP contribution in [0.25, 0.3) is 0 Å². The molecule has 0 fully saturated rings. The molecule has 0 bridgehead atoms. The van der Waals surface area contributed by atoms with Gasteiger partial charge in [-0.3, -0.25) is 20.2 Å². The molecule has 2 N–H and O–H groups in total. The predicted molar refractivity (Wildman–Crippen MR) is 117 cm³/mol. The summed E-state index contributed by atoms with van der Waals surface area (Å²) in [6, 6.07) is 12.7. The number of thiocarbonyl (C=S) groups is 1. The highest BCUT2D eigenvalue weighted by molar-refractivity contribution is 7.80. The minimum atomic E-state index is -0.498. The normalized spacial score (nSPS) is 10.2. The fourth-order valence-electron chi connectivity index (χ4n) is 2.63. The fraction of sp³-hybridized carbons (Fsp3) is 0.333. The van der Waals surface area contributed by atoms with Gasteiger partial charge in [0.15, 0.2) is 5.11 Å². The molecule has 29 heavy (non-hydrogen) atoms.